The second-order valence-corrected chi connectivity index (χ2v) is 9.85. The summed E-state index contributed by atoms with van der Waals surface area (Å²) in [6, 6.07) is 10.8. The van der Waals surface area contributed by atoms with Crippen LogP contribution in [-0.2, 0) is 19.6 Å². The molecule has 0 spiro atoms. The van der Waals surface area contributed by atoms with Crippen LogP contribution in [0.25, 0.3) is 6.08 Å². The van der Waals surface area contributed by atoms with Gasteiger partial charge in [-0.1, -0.05) is 47.7 Å². The molecule has 32 heavy (non-hydrogen) atoms. The predicted octanol–water partition coefficient (Wildman–Crippen LogP) is 2.56. The van der Waals surface area contributed by atoms with Crippen LogP contribution in [0.3, 0.4) is 0 Å². The summed E-state index contributed by atoms with van der Waals surface area (Å²) in [4.78, 5) is 25.9. The lowest BCUT2D eigenvalue weighted by molar-refractivity contribution is -0.139. The lowest BCUT2D eigenvalue weighted by Crippen LogP contribution is -2.44. The van der Waals surface area contributed by atoms with Gasteiger partial charge >= 0.3 is 5.97 Å². The number of carboxylic acid groups (broad SMARTS) is 1. The van der Waals surface area contributed by atoms with E-state index in [4.69, 9.17) is 26.8 Å². The molecule has 2 N–H and O–H groups in total. The summed E-state index contributed by atoms with van der Waals surface area (Å²) in [6.45, 7) is 1.30. The monoisotopic (exact) mass is 494 g/mol. The zero-order valence-corrected chi connectivity index (χ0v) is 19.3. The third-order valence-electron chi connectivity index (χ3n) is 4.17. The Labute approximate surface area is 194 Å². The molecule has 0 unspecified atom stereocenters. The molecule has 1 saturated heterocycles. The molecule has 0 aliphatic carbocycles. The highest BCUT2D eigenvalue weighted by molar-refractivity contribution is 8.26. The Kier molecular flexibility index (Phi) is 7.19. The van der Waals surface area contributed by atoms with Crippen molar-refractivity contribution in [2.45, 2.75) is 11.8 Å². The van der Waals surface area contributed by atoms with E-state index in [1.807, 2.05) is 6.92 Å². The molecule has 9 nitrogen and oxygen atoms in total. The SMILES string of the molecule is COc1cc(/C=C2/SC(=S)N(NS(=O)(=O)c3ccc(C)cc3)C2=O)ccc1OCC(=O)O. The first-order valence-corrected chi connectivity index (χ1v) is 11.7. The Morgan fingerprint density at radius 1 is 1.22 bits per heavy atom. The maximum atomic E-state index is 12.8. The van der Waals surface area contributed by atoms with Crippen molar-refractivity contribution in [1.82, 2.24) is 9.84 Å². The summed E-state index contributed by atoms with van der Waals surface area (Å²) in [5.74, 6) is -1.25. The summed E-state index contributed by atoms with van der Waals surface area (Å²) in [7, 11) is -2.61. The second kappa shape index (κ2) is 9.69. The number of thioether (sulfide) groups is 1. The molecule has 1 aliphatic rings. The van der Waals surface area contributed by atoms with Gasteiger partial charge in [0.25, 0.3) is 15.9 Å². The zero-order valence-electron chi connectivity index (χ0n) is 16.9. The van der Waals surface area contributed by atoms with E-state index < -0.39 is 28.5 Å². The summed E-state index contributed by atoms with van der Waals surface area (Å²) in [6.07, 6.45) is 1.52. The number of benzene rings is 2. The van der Waals surface area contributed by atoms with Crippen LogP contribution >= 0.6 is 24.0 Å². The van der Waals surface area contributed by atoms with E-state index in [-0.39, 0.29) is 25.6 Å². The predicted molar refractivity (Wildman–Crippen MR) is 123 cm³/mol. The summed E-state index contributed by atoms with van der Waals surface area (Å²) < 4.78 is 35.6. The molecular weight excluding hydrogens is 476 g/mol. The summed E-state index contributed by atoms with van der Waals surface area (Å²) in [5.41, 5.74) is 1.44. The van der Waals surface area contributed by atoms with Gasteiger partial charge in [0.15, 0.2) is 22.4 Å². The minimum Gasteiger partial charge on any atom is -0.493 e. The minimum atomic E-state index is -4.01. The van der Waals surface area contributed by atoms with Crippen LogP contribution in [0.1, 0.15) is 11.1 Å². The van der Waals surface area contributed by atoms with E-state index in [2.05, 4.69) is 4.83 Å². The van der Waals surface area contributed by atoms with Gasteiger partial charge in [0.05, 0.1) is 16.9 Å². The molecule has 1 aliphatic heterocycles. The van der Waals surface area contributed by atoms with Gasteiger partial charge in [-0.2, -0.15) is 0 Å². The molecule has 0 bridgehead atoms. The number of hydrogen-bond acceptors (Lipinski definition) is 8. The second-order valence-electron chi connectivity index (χ2n) is 6.52. The van der Waals surface area contributed by atoms with Gasteiger partial charge in [-0.25, -0.2) is 18.2 Å². The fourth-order valence-electron chi connectivity index (χ4n) is 2.62. The molecule has 2 aromatic carbocycles. The molecule has 1 heterocycles. The van der Waals surface area contributed by atoms with Crippen molar-refractivity contribution in [3.63, 3.8) is 0 Å². The van der Waals surface area contributed by atoms with E-state index in [1.54, 1.807) is 24.3 Å². The molecule has 2 aromatic rings. The van der Waals surface area contributed by atoms with Gasteiger partial charge in [-0.3, -0.25) is 4.79 Å². The van der Waals surface area contributed by atoms with E-state index in [1.165, 1.54) is 31.4 Å². The van der Waals surface area contributed by atoms with Crippen molar-refractivity contribution in [2.24, 2.45) is 0 Å². The highest BCUT2D eigenvalue weighted by Gasteiger charge is 2.35. The molecule has 168 valence electrons. The molecular formula is C20H18N2O7S3. The highest BCUT2D eigenvalue weighted by Crippen LogP contribution is 2.34. The molecule has 1 amide bonds. The van der Waals surface area contributed by atoms with Gasteiger partial charge in [-0.15, -0.1) is 4.83 Å². The van der Waals surface area contributed by atoms with Gasteiger partial charge in [-0.05, 0) is 42.8 Å². The van der Waals surface area contributed by atoms with Crippen LogP contribution < -0.4 is 14.3 Å². The maximum absolute atomic E-state index is 12.8. The molecule has 0 atom stereocenters. The molecule has 1 fully saturated rings. The number of aryl methyl sites for hydroxylation is 1. The number of aliphatic carboxylic acids is 1. The van der Waals surface area contributed by atoms with Crippen molar-refractivity contribution in [1.29, 1.82) is 0 Å². The third kappa shape index (κ3) is 5.46. The van der Waals surface area contributed by atoms with Crippen molar-refractivity contribution in [3.05, 3.63) is 58.5 Å². The van der Waals surface area contributed by atoms with Crippen LogP contribution in [0.2, 0.25) is 0 Å². The Morgan fingerprint density at radius 2 is 1.91 bits per heavy atom. The first-order chi connectivity index (χ1) is 15.1. The Hall–Kier alpha value is -2.93. The topological polar surface area (TPSA) is 122 Å². The van der Waals surface area contributed by atoms with Crippen molar-refractivity contribution in [3.8, 4) is 11.5 Å². The minimum absolute atomic E-state index is 0.00261. The van der Waals surface area contributed by atoms with E-state index >= 15 is 0 Å². The summed E-state index contributed by atoms with van der Waals surface area (Å²) >= 11 is 6.12. The number of sulfonamides is 1. The quantitative estimate of drug-likeness (QED) is 0.421. The first-order valence-electron chi connectivity index (χ1n) is 9.00. The number of methoxy groups -OCH3 is 1. The largest absolute Gasteiger partial charge is 0.493 e. The normalized spacial score (nSPS) is 15.3. The lowest BCUT2D eigenvalue weighted by atomic mass is 10.2. The van der Waals surface area contributed by atoms with Crippen molar-refractivity contribution >= 4 is 56.3 Å². The van der Waals surface area contributed by atoms with Crippen LogP contribution in [0.15, 0.2) is 52.3 Å². The van der Waals surface area contributed by atoms with Crippen molar-refractivity contribution in [2.75, 3.05) is 13.7 Å². The van der Waals surface area contributed by atoms with Gasteiger partial charge in [0.1, 0.15) is 0 Å². The number of carbonyl (C=O) groups is 2. The molecule has 0 aromatic heterocycles. The van der Waals surface area contributed by atoms with Gasteiger partial charge < -0.3 is 14.6 Å². The number of nitrogens with zero attached hydrogens (tertiary/aromatic N) is 1. The van der Waals surface area contributed by atoms with E-state index in [9.17, 15) is 18.0 Å². The maximum Gasteiger partial charge on any atom is 0.341 e. The fourth-order valence-corrected chi connectivity index (χ4v) is 4.93. The number of nitrogens with one attached hydrogen (secondary N) is 1. The summed E-state index contributed by atoms with van der Waals surface area (Å²) in [5, 5.41) is 9.55. The van der Waals surface area contributed by atoms with Crippen molar-refractivity contribution < 1.29 is 32.6 Å². The number of hydrogen-bond donors (Lipinski definition) is 2. The van der Waals surface area contributed by atoms with Crippen LogP contribution in [0.4, 0.5) is 0 Å². The van der Waals surface area contributed by atoms with Crippen LogP contribution in [0.5, 0.6) is 11.5 Å². The standard InChI is InChI=1S/C20H18N2O7S3/c1-12-3-6-14(7-4-12)32(26,27)21-22-19(25)17(31-20(22)30)10-13-5-8-15(16(9-13)28-2)29-11-18(23)24/h3-10,21H,11H2,1-2H3,(H,23,24)/b17-10+. The first kappa shape index (κ1) is 23.7. The molecule has 3 rings (SSSR count). The Morgan fingerprint density at radius 3 is 2.53 bits per heavy atom. The van der Waals surface area contributed by atoms with E-state index in [0.29, 0.717) is 5.56 Å². The average molecular weight is 495 g/mol. The molecule has 0 saturated carbocycles. The number of amides is 1. The number of carboxylic acids is 1. The highest BCUT2D eigenvalue weighted by atomic mass is 32.2. The smallest absolute Gasteiger partial charge is 0.341 e. The van der Waals surface area contributed by atoms with Gasteiger partial charge in [0, 0.05) is 0 Å². The zero-order chi connectivity index (χ0) is 23.5. The Bertz CT molecular complexity index is 1210. The average Bonchev–Trinajstić information content (AvgIpc) is 2.99. The number of rotatable bonds is 8. The number of carbonyl (C=O) groups excluding carboxylic acids is 1. The van der Waals surface area contributed by atoms with Gasteiger partial charge in [0.2, 0.25) is 0 Å². The lowest BCUT2D eigenvalue weighted by Gasteiger charge is -2.16. The van der Waals surface area contributed by atoms with Crippen LogP contribution in [0, 0.1) is 6.92 Å². The Balaban J connectivity index is 1.80. The third-order valence-corrected chi connectivity index (χ3v) is 6.79. The molecule has 0 radical (unpaired) electrons. The fraction of sp³-hybridized carbons (Fsp3) is 0.150. The number of ether oxygens (including phenoxy) is 2. The molecule has 12 heteroatoms. The number of thiocarbonyl (C=S) groups is 1. The number of hydrazine groups is 1. The van der Waals surface area contributed by atoms with E-state index in [0.717, 1.165) is 22.3 Å². The van der Waals surface area contributed by atoms with Crippen LogP contribution in [-0.4, -0.2) is 48.4 Å².